The van der Waals surface area contributed by atoms with Crippen LogP contribution in [0, 0.1) is 0 Å². The molecule has 0 aromatic heterocycles. The van der Waals surface area contributed by atoms with E-state index in [2.05, 4.69) is 17.6 Å². The minimum Gasteiger partial charge on any atom is -0.496 e. The van der Waals surface area contributed by atoms with Crippen molar-refractivity contribution in [1.29, 1.82) is 0 Å². The Bertz CT molecular complexity index is 942. The second kappa shape index (κ2) is 12.7. The summed E-state index contributed by atoms with van der Waals surface area (Å²) in [4.78, 5) is 47.9. The molecule has 170 valence electrons. The number of benzene rings is 2. The maximum atomic E-state index is 12.1. The third-order valence-corrected chi connectivity index (χ3v) is 4.25. The Labute approximate surface area is 186 Å². The Morgan fingerprint density at radius 1 is 0.938 bits per heavy atom. The second-order valence-corrected chi connectivity index (χ2v) is 6.65. The summed E-state index contributed by atoms with van der Waals surface area (Å²) in [5.74, 6) is -1.82. The Balaban J connectivity index is 1.72. The molecular formula is C23H26N2O7. The molecule has 2 aromatic rings. The van der Waals surface area contributed by atoms with Gasteiger partial charge in [0.15, 0.2) is 6.61 Å². The first-order chi connectivity index (χ1) is 15.4. The number of methoxy groups -OCH3 is 1. The highest BCUT2D eigenvalue weighted by Crippen LogP contribution is 2.16. The van der Waals surface area contributed by atoms with Crippen LogP contribution in [-0.2, 0) is 14.3 Å². The number of hydrogen-bond acceptors (Lipinski definition) is 7. The molecule has 0 spiro atoms. The van der Waals surface area contributed by atoms with Gasteiger partial charge in [-0.3, -0.25) is 24.5 Å². The van der Waals surface area contributed by atoms with Gasteiger partial charge < -0.3 is 19.5 Å². The molecule has 0 aliphatic rings. The van der Waals surface area contributed by atoms with Gasteiger partial charge >= 0.3 is 5.97 Å². The van der Waals surface area contributed by atoms with E-state index < -0.39 is 36.8 Å². The summed E-state index contributed by atoms with van der Waals surface area (Å²) in [6.45, 7) is 1.57. The number of para-hydroxylation sites is 1. The zero-order chi connectivity index (χ0) is 23.3. The minimum atomic E-state index is -0.822. The van der Waals surface area contributed by atoms with Crippen molar-refractivity contribution in [2.75, 3.05) is 26.9 Å². The van der Waals surface area contributed by atoms with Crippen molar-refractivity contribution in [3.05, 3.63) is 59.7 Å². The molecule has 0 aliphatic heterocycles. The number of ether oxygens (including phenoxy) is 3. The van der Waals surface area contributed by atoms with Crippen molar-refractivity contribution in [3.63, 3.8) is 0 Å². The van der Waals surface area contributed by atoms with Gasteiger partial charge in [0.2, 0.25) is 0 Å². The van der Waals surface area contributed by atoms with Gasteiger partial charge in [0.1, 0.15) is 18.0 Å². The maximum absolute atomic E-state index is 12.1. The van der Waals surface area contributed by atoms with E-state index in [0.29, 0.717) is 23.7 Å². The zero-order valence-electron chi connectivity index (χ0n) is 18.0. The van der Waals surface area contributed by atoms with Crippen molar-refractivity contribution in [2.45, 2.75) is 19.8 Å². The molecule has 9 heteroatoms. The van der Waals surface area contributed by atoms with E-state index in [1.807, 2.05) is 0 Å². The fraction of sp³-hybridized carbons (Fsp3) is 0.304. The monoisotopic (exact) mass is 442 g/mol. The molecule has 0 heterocycles. The maximum Gasteiger partial charge on any atom is 0.325 e. The predicted molar refractivity (Wildman–Crippen MR) is 116 cm³/mol. The minimum absolute atomic E-state index is 0.170. The lowest BCUT2D eigenvalue weighted by Gasteiger charge is -2.09. The molecule has 0 unspecified atom stereocenters. The lowest BCUT2D eigenvalue weighted by atomic mass is 10.2. The molecule has 0 fully saturated rings. The van der Waals surface area contributed by atoms with Crippen LogP contribution in [0.2, 0.25) is 0 Å². The molecule has 9 nitrogen and oxygen atoms in total. The van der Waals surface area contributed by atoms with E-state index in [4.69, 9.17) is 14.2 Å². The highest BCUT2D eigenvalue weighted by Gasteiger charge is 2.16. The molecule has 0 saturated carbocycles. The van der Waals surface area contributed by atoms with E-state index in [1.165, 1.54) is 13.2 Å². The number of nitrogens with one attached hydrogen (secondary N) is 2. The first-order valence-electron chi connectivity index (χ1n) is 10.1. The van der Waals surface area contributed by atoms with Crippen LogP contribution >= 0.6 is 0 Å². The van der Waals surface area contributed by atoms with Crippen molar-refractivity contribution < 1.29 is 33.4 Å². The number of carbonyl (C=O) groups is 4. The average molecular weight is 442 g/mol. The Hall–Kier alpha value is -3.88. The molecular weight excluding hydrogens is 416 g/mol. The van der Waals surface area contributed by atoms with Crippen LogP contribution in [0.15, 0.2) is 48.5 Å². The van der Waals surface area contributed by atoms with Crippen molar-refractivity contribution in [1.82, 2.24) is 10.6 Å². The number of imide groups is 1. The average Bonchev–Trinajstić information content (AvgIpc) is 2.81. The van der Waals surface area contributed by atoms with Crippen molar-refractivity contribution in [3.8, 4) is 11.5 Å². The van der Waals surface area contributed by atoms with Crippen LogP contribution < -0.4 is 20.1 Å². The first kappa shape index (κ1) is 24.4. The quantitative estimate of drug-likeness (QED) is 0.404. The van der Waals surface area contributed by atoms with Crippen LogP contribution in [-0.4, -0.2) is 50.6 Å². The van der Waals surface area contributed by atoms with Gasteiger partial charge in [0.05, 0.1) is 19.3 Å². The van der Waals surface area contributed by atoms with Gasteiger partial charge in [-0.05, 0) is 42.8 Å². The molecule has 2 rings (SSSR count). The van der Waals surface area contributed by atoms with Gasteiger partial charge in [0.25, 0.3) is 17.7 Å². The molecule has 0 bridgehead atoms. The van der Waals surface area contributed by atoms with Crippen LogP contribution in [0.5, 0.6) is 11.5 Å². The number of amides is 3. The van der Waals surface area contributed by atoms with Crippen LogP contribution in [0.4, 0.5) is 0 Å². The largest absolute Gasteiger partial charge is 0.496 e. The smallest absolute Gasteiger partial charge is 0.325 e. The van der Waals surface area contributed by atoms with Crippen molar-refractivity contribution >= 4 is 23.7 Å². The second-order valence-electron chi connectivity index (χ2n) is 6.65. The Morgan fingerprint density at radius 2 is 1.66 bits per heavy atom. The van der Waals surface area contributed by atoms with Crippen LogP contribution in [0.1, 0.15) is 40.5 Å². The van der Waals surface area contributed by atoms with Crippen LogP contribution in [0.25, 0.3) is 0 Å². The lowest BCUT2D eigenvalue weighted by molar-refractivity contribution is -0.147. The number of rotatable bonds is 11. The van der Waals surface area contributed by atoms with Crippen LogP contribution in [0.3, 0.4) is 0 Å². The summed E-state index contributed by atoms with van der Waals surface area (Å²) in [6.07, 6.45) is 1.97. The Kier molecular flexibility index (Phi) is 9.70. The third kappa shape index (κ3) is 7.75. The summed E-state index contributed by atoms with van der Waals surface area (Å²) < 4.78 is 15.4. The molecule has 2 N–H and O–H groups in total. The molecule has 0 aliphatic carbocycles. The van der Waals surface area contributed by atoms with Crippen molar-refractivity contribution in [2.24, 2.45) is 0 Å². The van der Waals surface area contributed by atoms with E-state index in [9.17, 15) is 19.2 Å². The predicted octanol–water partition coefficient (Wildman–Crippen LogP) is 2.10. The zero-order valence-corrected chi connectivity index (χ0v) is 18.0. The summed E-state index contributed by atoms with van der Waals surface area (Å²) in [7, 11) is 1.40. The van der Waals surface area contributed by atoms with Gasteiger partial charge in [-0.15, -0.1) is 0 Å². The third-order valence-electron chi connectivity index (χ3n) is 4.25. The van der Waals surface area contributed by atoms with E-state index in [1.54, 1.807) is 42.5 Å². The lowest BCUT2D eigenvalue weighted by Crippen LogP contribution is -2.36. The van der Waals surface area contributed by atoms with E-state index in [0.717, 1.165) is 12.8 Å². The first-order valence-corrected chi connectivity index (χ1v) is 10.1. The number of esters is 1. The highest BCUT2D eigenvalue weighted by atomic mass is 16.5. The number of hydrogen-bond donors (Lipinski definition) is 2. The van der Waals surface area contributed by atoms with Gasteiger partial charge in [-0.2, -0.15) is 0 Å². The summed E-state index contributed by atoms with van der Waals surface area (Å²) >= 11 is 0. The molecule has 32 heavy (non-hydrogen) atoms. The van der Waals surface area contributed by atoms with E-state index in [-0.39, 0.29) is 5.56 Å². The summed E-state index contributed by atoms with van der Waals surface area (Å²) in [5, 5.41) is 4.51. The topological polar surface area (TPSA) is 120 Å². The van der Waals surface area contributed by atoms with E-state index >= 15 is 0 Å². The number of carbonyl (C=O) groups excluding carboxylic acids is 4. The summed E-state index contributed by atoms with van der Waals surface area (Å²) in [6, 6.07) is 12.9. The molecule has 3 amide bonds. The Morgan fingerprint density at radius 3 is 2.34 bits per heavy atom. The van der Waals surface area contributed by atoms with Gasteiger partial charge in [-0.1, -0.05) is 25.5 Å². The molecule has 0 radical (unpaired) electrons. The fourth-order valence-corrected chi connectivity index (χ4v) is 2.55. The molecule has 0 atom stereocenters. The van der Waals surface area contributed by atoms with Gasteiger partial charge in [0, 0.05) is 5.56 Å². The highest BCUT2D eigenvalue weighted by molar-refractivity contribution is 6.06. The standard InChI is InChI=1S/C23H26N2O7/c1-3-4-13-31-17-11-9-16(10-12-17)22(28)24-14-21(27)32-15-20(26)25-23(29)18-7-5-6-8-19(18)30-2/h5-12H,3-4,13-15H2,1-2H3,(H,24,28)(H,25,26,29). The SMILES string of the molecule is CCCCOc1ccc(C(=O)NCC(=O)OCC(=O)NC(=O)c2ccccc2OC)cc1. The molecule has 2 aromatic carbocycles. The fourth-order valence-electron chi connectivity index (χ4n) is 2.55. The summed E-state index contributed by atoms with van der Waals surface area (Å²) in [5.41, 5.74) is 0.518. The normalized spacial score (nSPS) is 10.1. The number of unbranched alkanes of at least 4 members (excludes halogenated alkanes) is 1. The van der Waals surface area contributed by atoms with Gasteiger partial charge in [-0.25, -0.2) is 0 Å². The molecule has 0 saturated heterocycles.